The minimum Gasteiger partial charge on any atom is -0.484 e. The van der Waals surface area contributed by atoms with Crippen molar-refractivity contribution in [3.8, 4) is 17.0 Å². The quantitative estimate of drug-likeness (QED) is 0.207. The summed E-state index contributed by atoms with van der Waals surface area (Å²) in [6.07, 6.45) is -0.175. The molecule has 1 aliphatic rings. The summed E-state index contributed by atoms with van der Waals surface area (Å²) in [6.45, 7) is -0.0226. The van der Waals surface area contributed by atoms with Crippen molar-refractivity contribution < 1.29 is 27.9 Å². The summed E-state index contributed by atoms with van der Waals surface area (Å²) in [5, 5.41) is 18.9. The van der Waals surface area contributed by atoms with Crippen LogP contribution in [0.5, 0.6) is 5.75 Å². The average Bonchev–Trinajstić information content (AvgIpc) is 3.65. The van der Waals surface area contributed by atoms with Gasteiger partial charge in [-0.15, -0.1) is 0 Å². The number of para-hydroxylation sites is 1. The number of amides is 1. The first kappa shape index (κ1) is 24.9. The molecule has 1 fully saturated rings. The van der Waals surface area contributed by atoms with Crippen LogP contribution in [-0.4, -0.2) is 58.6 Å². The SMILES string of the molecule is NC(c1ccon1)c1cc(-c2ccccc2N2CCN(C(=O)COc3cccc([N+](=O)[O-])c3)C(F)C2)no1. The van der Waals surface area contributed by atoms with Crippen LogP contribution in [0, 0.1) is 10.1 Å². The molecule has 13 heteroatoms. The Hall–Kier alpha value is -4.78. The number of nitro groups is 1. The molecule has 0 saturated carbocycles. The standard InChI is InChI=1S/C25H23FN6O6/c26-23-14-30(9-10-31(23)24(33)15-36-17-5-3-4-16(12-17)32(34)35)21-7-2-1-6-18(21)20-13-22(38-29-20)25(27)19-8-11-37-28-19/h1-8,11-13,23,25H,9-10,14-15,27H2. The van der Waals surface area contributed by atoms with E-state index in [1.54, 1.807) is 12.1 Å². The molecule has 1 aliphatic heterocycles. The molecule has 1 saturated heterocycles. The van der Waals surface area contributed by atoms with Crippen LogP contribution in [0.4, 0.5) is 15.8 Å². The fourth-order valence-corrected chi connectivity index (χ4v) is 4.21. The Morgan fingerprint density at radius 1 is 1.18 bits per heavy atom. The first-order chi connectivity index (χ1) is 18.4. The highest BCUT2D eigenvalue weighted by Gasteiger charge is 2.32. The van der Waals surface area contributed by atoms with Crippen molar-refractivity contribution in [3.05, 3.63) is 88.5 Å². The number of nitrogens with two attached hydrogens (primary N) is 1. The van der Waals surface area contributed by atoms with E-state index in [9.17, 15) is 14.9 Å². The average molecular weight is 522 g/mol. The molecule has 2 atom stereocenters. The van der Waals surface area contributed by atoms with E-state index in [2.05, 4.69) is 10.3 Å². The second-order valence-electron chi connectivity index (χ2n) is 8.54. The van der Waals surface area contributed by atoms with Gasteiger partial charge in [0.15, 0.2) is 18.7 Å². The largest absolute Gasteiger partial charge is 0.484 e. The lowest BCUT2D eigenvalue weighted by atomic mass is 10.1. The van der Waals surface area contributed by atoms with Crippen molar-refractivity contribution in [1.29, 1.82) is 0 Å². The molecule has 3 heterocycles. The summed E-state index contributed by atoms with van der Waals surface area (Å²) >= 11 is 0. The molecule has 4 aromatic rings. The predicted octanol–water partition coefficient (Wildman–Crippen LogP) is 3.31. The number of carbonyl (C=O) groups excluding carboxylic acids is 1. The van der Waals surface area contributed by atoms with Gasteiger partial charge in [0.1, 0.15) is 29.4 Å². The zero-order valence-corrected chi connectivity index (χ0v) is 20.0. The van der Waals surface area contributed by atoms with E-state index in [1.807, 2.05) is 29.2 Å². The molecule has 5 rings (SSSR count). The third-order valence-electron chi connectivity index (χ3n) is 6.16. The van der Waals surface area contributed by atoms with Gasteiger partial charge in [0.05, 0.1) is 17.5 Å². The number of benzene rings is 2. The Bertz CT molecular complexity index is 1430. The smallest absolute Gasteiger partial charge is 0.273 e. The Labute approximate surface area is 215 Å². The topological polar surface area (TPSA) is 154 Å². The molecule has 38 heavy (non-hydrogen) atoms. The van der Waals surface area contributed by atoms with Gasteiger partial charge in [-0.05, 0) is 12.1 Å². The van der Waals surface area contributed by atoms with Crippen molar-refractivity contribution in [2.75, 3.05) is 31.1 Å². The fourth-order valence-electron chi connectivity index (χ4n) is 4.21. The van der Waals surface area contributed by atoms with Crippen LogP contribution in [0.1, 0.15) is 17.5 Å². The molecule has 2 aromatic heterocycles. The third-order valence-corrected chi connectivity index (χ3v) is 6.16. The number of halogens is 1. The number of anilines is 1. The zero-order chi connectivity index (χ0) is 26.6. The first-order valence-electron chi connectivity index (χ1n) is 11.7. The number of rotatable bonds is 8. The van der Waals surface area contributed by atoms with Crippen molar-refractivity contribution >= 4 is 17.3 Å². The molecule has 0 spiro atoms. The normalized spacial score (nSPS) is 16.3. The van der Waals surface area contributed by atoms with Crippen LogP contribution in [0.25, 0.3) is 11.3 Å². The molecule has 12 nitrogen and oxygen atoms in total. The van der Waals surface area contributed by atoms with E-state index in [-0.39, 0.29) is 24.5 Å². The number of carbonyl (C=O) groups is 1. The molecule has 0 aliphatic carbocycles. The fraction of sp³-hybridized carbons (Fsp3) is 0.240. The monoisotopic (exact) mass is 522 g/mol. The summed E-state index contributed by atoms with van der Waals surface area (Å²) in [5.74, 6) is -0.00284. The van der Waals surface area contributed by atoms with Crippen LogP contribution in [-0.2, 0) is 4.79 Å². The van der Waals surface area contributed by atoms with Crippen LogP contribution in [0.15, 0.2) is 76.0 Å². The van der Waals surface area contributed by atoms with Crippen LogP contribution in [0.2, 0.25) is 0 Å². The Morgan fingerprint density at radius 2 is 2.03 bits per heavy atom. The number of hydrogen-bond donors (Lipinski definition) is 1. The third kappa shape index (κ3) is 5.18. The van der Waals surface area contributed by atoms with Crippen LogP contribution < -0.4 is 15.4 Å². The molecule has 0 bridgehead atoms. The summed E-state index contributed by atoms with van der Waals surface area (Å²) in [4.78, 5) is 26.0. The van der Waals surface area contributed by atoms with E-state index in [4.69, 9.17) is 19.5 Å². The Balaban J connectivity index is 1.25. The van der Waals surface area contributed by atoms with Gasteiger partial charge in [-0.2, -0.15) is 0 Å². The number of alkyl halides is 1. The van der Waals surface area contributed by atoms with E-state index >= 15 is 4.39 Å². The lowest BCUT2D eigenvalue weighted by Gasteiger charge is -2.39. The second kappa shape index (κ2) is 10.7. The maximum absolute atomic E-state index is 15.2. The van der Waals surface area contributed by atoms with Gasteiger partial charge in [0.25, 0.3) is 11.6 Å². The van der Waals surface area contributed by atoms with E-state index in [1.165, 1.54) is 30.5 Å². The molecule has 0 radical (unpaired) electrons. The highest BCUT2D eigenvalue weighted by molar-refractivity contribution is 5.79. The van der Waals surface area contributed by atoms with Crippen molar-refractivity contribution in [1.82, 2.24) is 15.2 Å². The van der Waals surface area contributed by atoms with Gasteiger partial charge in [-0.3, -0.25) is 14.9 Å². The number of piperazine rings is 1. The van der Waals surface area contributed by atoms with Crippen molar-refractivity contribution in [2.24, 2.45) is 5.73 Å². The minimum atomic E-state index is -1.59. The summed E-state index contributed by atoms with van der Waals surface area (Å²) < 4.78 is 30.9. The number of hydrogen-bond acceptors (Lipinski definition) is 10. The Kier molecular flexibility index (Phi) is 7.00. The minimum absolute atomic E-state index is 0.0667. The first-order valence-corrected chi connectivity index (χ1v) is 11.7. The lowest BCUT2D eigenvalue weighted by molar-refractivity contribution is -0.384. The Morgan fingerprint density at radius 3 is 2.79 bits per heavy atom. The molecular weight excluding hydrogens is 499 g/mol. The van der Waals surface area contributed by atoms with Gasteiger partial charge in [-0.25, -0.2) is 4.39 Å². The highest BCUT2D eigenvalue weighted by Crippen LogP contribution is 2.33. The molecular formula is C25H23FN6O6. The van der Waals surface area contributed by atoms with E-state index in [0.717, 1.165) is 16.2 Å². The van der Waals surface area contributed by atoms with E-state index in [0.29, 0.717) is 23.7 Å². The van der Waals surface area contributed by atoms with Gasteiger partial charge < -0.3 is 29.3 Å². The second-order valence-corrected chi connectivity index (χ2v) is 8.54. The van der Waals surface area contributed by atoms with Gasteiger partial charge in [-0.1, -0.05) is 34.6 Å². The molecule has 1 amide bonds. The number of nitro benzene ring substituents is 1. The van der Waals surface area contributed by atoms with Gasteiger partial charge >= 0.3 is 0 Å². The number of non-ortho nitro benzene ring substituents is 1. The lowest BCUT2D eigenvalue weighted by Crippen LogP contribution is -2.54. The number of ether oxygens (including phenoxy) is 1. The molecule has 2 aromatic carbocycles. The summed E-state index contributed by atoms with van der Waals surface area (Å²) in [5.41, 5.74) is 8.49. The number of nitrogens with zero attached hydrogens (tertiary/aromatic N) is 5. The maximum Gasteiger partial charge on any atom is 0.273 e. The summed E-state index contributed by atoms with van der Waals surface area (Å²) in [6, 6.07) is 15.5. The summed E-state index contributed by atoms with van der Waals surface area (Å²) in [7, 11) is 0. The van der Waals surface area contributed by atoms with E-state index < -0.39 is 29.8 Å². The predicted molar refractivity (Wildman–Crippen MR) is 132 cm³/mol. The van der Waals surface area contributed by atoms with Crippen LogP contribution >= 0.6 is 0 Å². The van der Waals surface area contributed by atoms with Crippen molar-refractivity contribution in [2.45, 2.75) is 12.3 Å². The molecule has 196 valence electrons. The number of aromatic nitrogens is 2. The molecule has 2 N–H and O–H groups in total. The van der Waals surface area contributed by atoms with Gasteiger partial charge in [0, 0.05) is 42.5 Å². The maximum atomic E-state index is 15.2. The molecule has 2 unspecified atom stereocenters. The van der Waals surface area contributed by atoms with Gasteiger partial charge in [0.2, 0.25) is 0 Å². The highest BCUT2D eigenvalue weighted by atomic mass is 19.1. The van der Waals surface area contributed by atoms with Crippen LogP contribution in [0.3, 0.4) is 0 Å². The van der Waals surface area contributed by atoms with Crippen molar-refractivity contribution in [3.63, 3.8) is 0 Å². The zero-order valence-electron chi connectivity index (χ0n) is 20.0.